The second-order valence-electron chi connectivity index (χ2n) is 4.03. The molecule has 2 nitrogen and oxygen atoms in total. The molecule has 0 fully saturated rings. The average Bonchev–Trinajstić information content (AvgIpc) is 2.26. The van der Waals surface area contributed by atoms with Gasteiger partial charge in [0.25, 0.3) is 0 Å². The Morgan fingerprint density at radius 1 is 1.25 bits per heavy atom. The van der Waals surface area contributed by atoms with E-state index < -0.39 is 0 Å². The molecule has 90 valence electrons. The predicted octanol–water partition coefficient (Wildman–Crippen LogP) is 2.92. The van der Waals surface area contributed by atoms with Gasteiger partial charge in [0.05, 0.1) is 12.8 Å². The Labute approximate surface area is 96.8 Å². The summed E-state index contributed by atoms with van der Waals surface area (Å²) in [5, 5.41) is 3.18. The highest BCUT2D eigenvalue weighted by atomic mass is 19.1. The van der Waals surface area contributed by atoms with Crippen molar-refractivity contribution in [3.63, 3.8) is 0 Å². The Hall–Kier alpha value is -1.09. The van der Waals surface area contributed by atoms with Crippen molar-refractivity contribution in [2.45, 2.75) is 32.9 Å². The minimum absolute atomic E-state index is 0.202. The van der Waals surface area contributed by atoms with Crippen LogP contribution in [-0.4, -0.2) is 19.3 Å². The quantitative estimate of drug-likeness (QED) is 0.720. The Bertz CT molecular complexity index is 284. The van der Waals surface area contributed by atoms with Crippen molar-refractivity contribution in [1.82, 2.24) is 5.32 Å². The molecule has 0 aliphatic carbocycles. The summed E-state index contributed by atoms with van der Waals surface area (Å²) in [7, 11) is 0. The zero-order valence-electron chi connectivity index (χ0n) is 10.0. The van der Waals surface area contributed by atoms with E-state index >= 15 is 0 Å². The fourth-order valence-corrected chi connectivity index (χ4v) is 1.38. The van der Waals surface area contributed by atoms with Crippen molar-refractivity contribution in [2.24, 2.45) is 0 Å². The van der Waals surface area contributed by atoms with Crippen molar-refractivity contribution < 1.29 is 9.13 Å². The van der Waals surface area contributed by atoms with Crippen molar-refractivity contribution in [3.8, 4) is 5.75 Å². The van der Waals surface area contributed by atoms with Crippen LogP contribution >= 0.6 is 0 Å². The first-order chi connectivity index (χ1) is 7.72. The summed E-state index contributed by atoms with van der Waals surface area (Å²) in [6.45, 7) is 5.26. The maximum atomic E-state index is 11.8. The summed E-state index contributed by atoms with van der Waals surface area (Å²) in [5.74, 6) is 0.891. The average molecular weight is 225 g/mol. The van der Waals surface area contributed by atoms with E-state index in [9.17, 15) is 4.39 Å². The van der Waals surface area contributed by atoms with Crippen LogP contribution in [0.25, 0.3) is 0 Å². The van der Waals surface area contributed by atoms with Crippen LogP contribution in [0.3, 0.4) is 0 Å². The molecule has 0 atom stereocenters. The standard InChI is InChI=1S/C13H20FNO/c1-11(2)16-13-6-4-12(5-7-13)10-15-9-3-8-14/h4-7,11,15H,3,8-10H2,1-2H3. The van der Waals surface area contributed by atoms with Gasteiger partial charge in [-0.2, -0.15) is 0 Å². The Morgan fingerprint density at radius 2 is 1.94 bits per heavy atom. The fraction of sp³-hybridized carbons (Fsp3) is 0.538. The van der Waals surface area contributed by atoms with Crippen molar-refractivity contribution in [2.75, 3.05) is 13.2 Å². The van der Waals surface area contributed by atoms with Crippen LogP contribution < -0.4 is 10.1 Å². The van der Waals surface area contributed by atoms with E-state index in [1.165, 1.54) is 5.56 Å². The monoisotopic (exact) mass is 225 g/mol. The number of ether oxygens (including phenoxy) is 1. The molecule has 0 radical (unpaired) electrons. The molecule has 0 aromatic heterocycles. The van der Waals surface area contributed by atoms with Crippen LogP contribution in [0.4, 0.5) is 4.39 Å². The zero-order valence-corrected chi connectivity index (χ0v) is 10.0. The number of alkyl halides is 1. The van der Waals surface area contributed by atoms with Gasteiger partial charge < -0.3 is 10.1 Å². The second kappa shape index (κ2) is 7.23. The summed E-state index contributed by atoms with van der Waals surface area (Å²) in [6, 6.07) is 7.98. The molecule has 16 heavy (non-hydrogen) atoms. The minimum atomic E-state index is -0.256. The molecule has 3 heteroatoms. The van der Waals surface area contributed by atoms with E-state index in [2.05, 4.69) is 5.32 Å². The molecule has 0 saturated carbocycles. The third-order valence-electron chi connectivity index (χ3n) is 2.11. The lowest BCUT2D eigenvalue weighted by Gasteiger charge is -2.10. The van der Waals surface area contributed by atoms with E-state index in [1.807, 2.05) is 38.1 Å². The van der Waals surface area contributed by atoms with Gasteiger partial charge in [-0.25, -0.2) is 0 Å². The van der Waals surface area contributed by atoms with Gasteiger partial charge in [0.15, 0.2) is 0 Å². The van der Waals surface area contributed by atoms with E-state index in [4.69, 9.17) is 4.74 Å². The maximum absolute atomic E-state index is 11.8. The number of benzene rings is 1. The molecule has 0 spiro atoms. The Kier molecular flexibility index (Phi) is 5.86. The van der Waals surface area contributed by atoms with Crippen LogP contribution in [0, 0.1) is 0 Å². The van der Waals surface area contributed by atoms with E-state index in [-0.39, 0.29) is 12.8 Å². The molecule has 1 rings (SSSR count). The van der Waals surface area contributed by atoms with Gasteiger partial charge in [-0.15, -0.1) is 0 Å². The molecule has 0 heterocycles. The summed E-state index contributed by atoms with van der Waals surface area (Å²) in [4.78, 5) is 0. The van der Waals surface area contributed by atoms with Crippen molar-refractivity contribution >= 4 is 0 Å². The van der Waals surface area contributed by atoms with E-state index in [1.54, 1.807) is 0 Å². The Balaban J connectivity index is 2.33. The van der Waals surface area contributed by atoms with Crippen molar-refractivity contribution in [1.29, 1.82) is 0 Å². The predicted molar refractivity (Wildman–Crippen MR) is 64.5 cm³/mol. The van der Waals surface area contributed by atoms with Crippen LogP contribution in [0.5, 0.6) is 5.75 Å². The molecule has 0 unspecified atom stereocenters. The summed E-state index contributed by atoms with van der Waals surface area (Å²) in [6.07, 6.45) is 0.780. The first kappa shape index (κ1) is 13.0. The molecule has 0 bridgehead atoms. The normalized spacial score (nSPS) is 10.8. The summed E-state index contributed by atoms with van der Waals surface area (Å²) < 4.78 is 17.4. The molecule has 0 aliphatic rings. The van der Waals surface area contributed by atoms with Gasteiger partial charge in [-0.05, 0) is 44.5 Å². The second-order valence-corrected chi connectivity index (χ2v) is 4.03. The number of hydrogen-bond donors (Lipinski definition) is 1. The number of hydrogen-bond acceptors (Lipinski definition) is 2. The highest BCUT2D eigenvalue weighted by Gasteiger charge is 1.97. The first-order valence-corrected chi connectivity index (χ1v) is 5.74. The van der Waals surface area contributed by atoms with Gasteiger partial charge >= 0.3 is 0 Å². The lowest BCUT2D eigenvalue weighted by atomic mass is 10.2. The third kappa shape index (κ3) is 5.12. The van der Waals surface area contributed by atoms with Gasteiger partial charge in [0, 0.05) is 6.54 Å². The topological polar surface area (TPSA) is 21.3 Å². The Morgan fingerprint density at radius 3 is 2.50 bits per heavy atom. The third-order valence-corrected chi connectivity index (χ3v) is 2.11. The van der Waals surface area contributed by atoms with E-state index in [0.29, 0.717) is 6.42 Å². The lowest BCUT2D eigenvalue weighted by Crippen LogP contribution is -2.15. The van der Waals surface area contributed by atoms with Gasteiger partial charge in [-0.1, -0.05) is 12.1 Å². The van der Waals surface area contributed by atoms with Gasteiger partial charge in [0.1, 0.15) is 5.75 Å². The minimum Gasteiger partial charge on any atom is -0.491 e. The smallest absolute Gasteiger partial charge is 0.119 e. The first-order valence-electron chi connectivity index (χ1n) is 5.74. The van der Waals surface area contributed by atoms with Crippen LogP contribution in [0.1, 0.15) is 25.8 Å². The van der Waals surface area contributed by atoms with Crippen LogP contribution in [-0.2, 0) is 6.54 Å². The fourth-order valence-electron chi connectivity index (χ4n) is 1.38. The molecule has 0 saturated heterocycles. The number of nitrogens with one attached hydrogen (secondary N) is 1. The highest BCUT2D eigenvalue weighted by Crippen LogP contribution is 2.13. The van der Waals surface area contributed by atoms with Crippen LogP contribution in [0.2, 0.25) is 0 Å². The van der Waals surface area contributed by atoms with Gasteiger partial charge in [0.2, 0.25) is 0 Å². The molecule has 1 aromatic rings. The maximum Gasteiger partial charge on any atom is 0.119 e. The highest BCUT2D eigenvalue weighted by molar-refractivity contribution is 5.27. The lowest BCUT2D eigenvalue weighted by molar-refractivity contribution is 0.242. The molecular formula is C13H20FNO. The van der Waals surface area contributed by atoms with Crippen LogP contribution in [0.15, 0.2) is 24.3 Å². The molecule has 0 aliphatic heterocycles. The van der Waals surface area contributed by atoms with Gasteiger partial charge in [-0.3, -0.25) is 4.39 Å². The summed E-state index contributed by atoms with van der Waals surface area (Å²) in [5.41, 5.74) is 1.19. The largest absolute Gasteiger partial charge is 0.491 e. The molecule has 1 aromatic carbocycles. The number of halogens is 1. The summed E-state index contributed by atoms with van der Waals surface area (Å²) >= 11 is 0. The SMILES string of the molecule is CC(C)Oc1ccc(CNCCCF)cc1. The van der Waals surface area contributed by atoms with E-state index in [0.717, 1.165) is 18.8 Å². The molecular weight excluding hydrogens is 205 g/mol. The zero-order chi connectivity index (χ0) is 11.8. The molecule has 1 N–H and O–H groups in total. The molecule has 0 amide bonds. The number of rotatable bonds is 7. The van der Waals surface area contributed by atoms with Crippen molar-refractivity contribution in [3.05, 3.63) is 29.8 Å².